The van der Waals surface area contributed by atoms with Crippen LogP contribution in [0.2, 0.25) is 5.02 Å². The molecule has 3 aliphatic rings. The first-order valence-electron chi connectivity index (χ1n) is 10.0. The van der Waals surface area contributed by atoms with Gasteiger partial charge in [0.1, 0.15) is 0 Å². The largest absolute Gasteiger partial charge is 0.379 e. The Balaban J connectivity index is 1.37. The summed E-state index contributed by atoms with van der Waals surface area (Å²) in [6.07, 6.45) is 7.13. The smallest absolute Gasteiger partial charge is 0.223 e. The van der Waals surface area contributed by atoms with Crippen LogP contribution in [0, 0.1) is 5.92 Å². The van der Waals surface area contributed by atoms with Gasteiger partial charge in [-0.15, -0.1) is 0 Å². The van der Waals surface area contributed by atoms with Crippen molar-refractivity contribution in [1.82, 2.24) is 10.2 Å². The van der Waals surface area contributed by atoms with Crippen LogP contribution in [0.3, 0.4) is 0 Å². The van der Waals surface area contributed by atoms with Crippen molar-refractivity contribution in [2.24, 2.45) is 5.92 Å². The van der Waals surface area contributed by atoms with Crippen LogP contribution in [0.25, 0.3) is 0 Å². The normalized spacial score (nSPS) is 28.5. The van der Waals surface area contributed by atoms with Crippen molar-refractivity contribution in [3.63, 3.8) is 0 Å². The minimum Gasteiger partial charge on any atom is -0.379 e. The van der Waals surface area contributed by atoms with Gasteiger partial charge in [-0.2, -0.15) is 0 Å². The number of nitrogens with zero attached hydrogens (tertiary/aromatic N) is 1. The molecule has 142 valence electrons. The molecule has 4 rings (SSSR count). The molecule has 1 aromatic rings. The maximum atomic E-state index is 12.8. The number of ether oxygens (including phenoxy) is 1. The summed E-state index contributed by atoms with van der Waals surface area (Å²) < 4.78 is 5.54. The molecule has 0 spiro atoms. The molecule has 2 atom stereocenters. The molecule has 4 nitrogen and oxygen atoms in total. The number of hydrogen-bond acceptors (Lipinski definition) is 3. The molecule has 26 heavy (non-hydrogen) atoms. The molecule has 2 unspecified atom stereocenters. The second kappa shape index (κ2) is 7.87. The molecular formula is C21H29ClN2O2. The van der Waals surface area contributed by atoms with Crippen LogP contribution in [-0.2, 0) is 9.53 Å². The van der Waals surface area contributed by atoms with E-state index in [1.165, 1.54) is 32.1 Å². The van der Waals surface area contributed by atoms with E-state index >= 15 is 0 Å². The summed E-state index contributed by atoms with van der Waals surface area (Å²) in [6, 6.07) is 7.92. The molecule has 0 bridgehead atoms. The van der Waals surface area contributed by atoms with E-state index in [1.807, 2.05) is 18.2 Å². The highest BCUT2D eigenvalue weighted by Crippen LogP contribution is 2.49. The molecule has 1 saturated heterocycles. The van der Waals surface area contributed by atoms with Crippen molar-refractivity contribution in [2.45, 2.75) is 50.0 Å². The van der Waals surface area contributed by atoms with Crippen molar-refractivity contribution in [3.8, 4) is 0 Å². The molecule has 0 radical (unpaired) electrons. The molecule has 1 N–H and O–H groups in total. The number of morpholine rings is 1. The van der Waals surface area contributed by atoms with Crippen LogP contribution in [0.1, 0.15) is 50.0 Å². The highest BCUT2D eigenvalue weighted by molar-refractivity contribution is 6.31. The second-order valence-electron chi connectivity index (χ2n) is 8.07. The molecule has 1 aromatic carbocycles. The van der Waals surface area contributed by atoms with Crippen LogP contribution in [0.4, 0.5) is 0 Å². The molecule has 2 saturated carbocycles. The van der Waals surface area contributed by atoms with Crippen LogP contribution in [0.5, 0.6) is 0 Å². The highest BCUT2D eigenvalue weighted by atomic mass is 35.5. The van der Waals surface area contributed by atoms with Gasteiger partial charge in [0.15, 0.2) is 0 Å². The minimum atomic E-state index is 0.0835. The number of amides is 1. The van der Waals surface area contributed by atoms with Crippen LogP contribution in [0.15, 0.2) is 24.3 Å². The summed E-state index contributed by atoms with van der Waals surface area (Å²) in [5, 5.41) is 4.09. The zero-order valence-corrected chi connectivity index (χ0v) is 16.1. The number of carbonyl (C=O) groups excluding carboxylic acids is 1. The lowest BCUT2D eigenvalue weighted by molar-refractivity contribution is -0.123. The Labute approximate surface area is 161 Å². The second-order valence-corrected chi connectivity index (χ2v) is 8.48. The first-order valence-corrected chi connectivity index (χ1v) is 10.4. The first kappa shape index (κ1) is 18.3. The number of carbonyl (C=O) groups is 1. The Kier molecular flexibility index (Phi) is 5.53. The third-order valence-electron chi connectivity index (χ3n) is 6.49. The van der Waals surface area contributed by atoms with Gasteiger partial charge in [0, 0.05) is 36.1 Å². The Bertz CT molecular complexity index is 639. The Hall–Kier alpha value is -1.10. The van der Waals surface area contributed by atoms with E-state index in [4.69, 9.17) is 16.3 Å². The summed E-state index contributed by atoms with van der Waals surface area (Å²) in [5.74, 6) is 0.572. The molecule has 5 heteroatoms. The maximum absolute atomic E-state index is 12.8. The topological polar surface area (TPSA) is 41.6 Å². The van der Waals surface area contributed by atoms with Gasteiger partial charge in [-0.25, -0.2) is 0 Å². The molecule has 1 amide bonds. The molecule has 0 aromatic heterocycles. The van der Waals surface area contributed by atoms with E-state index in [0.29, 0.717) is 0 Å². The zero-order chi connectivity index (χ0) is 18.0. The fraction of sp³-hybridized carbons (Fsp3) is 0.667. The summed E-state index contributed by atoms with van der Waals surface area (Å²) in [4.78, 5) is 15.3. The standard InChI is InChI=1S/C21H29ClN2O2/c22-19-7-3-2-6-16(19)17-14-18(17)20(25)23-15-21(8-4-1-5-9-21)24-10-12-26-13-11-24/h2-3,6-7,17-18H,1,4-5,8-15H2,(H,23,25). The lowest BCUT2D eigenvalue weighted by atomic mass is 9.79. The van der Waals surface area contributed by atoms with Crippen molar-refractivity contribution in [3.05, 3.63) is 34.9 Å². The summed E-state index contributed by atoms with van der Waals surface area (Å²) in [6.45, 7) is 4.38. The lowest BCUT2D eigenvalue weighted by Gasteiger charge is -2.48. The van der Waals surface area contributed by atoms with Gasteiger partial charge in [0.05, 0.1) is 13.2 Å². The highest BCUT2D eigenvalue weighted by Gasteiger charge is 2.46. The molecule has 1 heterocycles. The number of nitrogens with one attached hydrogen (secondary N) is 1. The van der Waals surface area contributed by atoms with Gasteiger partial charge in [-0.1, -0.05) is 49.1 Å². The van der Waals surface area contributed by atoms with E-state index in [9.17, 15) is 4.79 Å². The molecule has 2 aliphatic carbocycles. The molecular weight excluding hydrogens is 348 g/mol. The minimum absolute atomic E-state index is 0.0835. The Morgan fingerprint density at radius 2 is 1.92 bits per heavy atom. The Morgan fingerprint density at radius 1 is 1.19 bits per heavy atom. The first-order chi connectivity index (χ1) is 12.7. The van der Waals surface area contributed by atoms with Gasteiger partial charge < -0.3 is 10.1 Å². The van der Waals surface area contributed by atoms with E-state index in [2.05, 4.69) is 16.3 Å². The van der Waals surface area contributed by atoms with Gasteiger partial charge in [0.25, 0.3) is 0 Å². The van der Waals surface area contributed by atoms with Crippen molar-refractivity contribution in [1.29, 1.82) is 0 Å². The van der Waals surface area contributed by atoms with Crippen LogP contribution < -0.4 is 5.32 Å². The van der Waals surface area contributed by atoms with Crippen molar-refractivity contribution in [2.75, 3.05) is 32.8 Å². The van der Waals surface area contributed by atoms with E-state index < -0.39 is 0 Å². The zero-order valence-electron chi connectivity index (χ0n) is 15.4. The average molecular weight is 377 g/mol. The predicted molar refractivity (Wildman–Crippen MR) is 104 cm³/mol. The van der Waals surface area contributed by atoms with Gasteiger partial charge in [-0.3, -0.25) is 9.69 Å². The third-order valence-corrected chi connectivity index (χ3v) is 6.83. The summed E-state index contributed by atoms with van der Waals surface area (Å²) in [7, 11) is 0. The fourth-order valence-corrected chi connectivity index (χ4v) is 5.12. The van der Waals surface area contributed by atoms with Crippen LogP contribution >= 0.6 is 11.6 Å². The Morgan fingerprint density at radius 3 is 2.65 bits per heavy atom. The number of hydrogen-bond donors (Lipinski definition) is 1. The summed E-state index contributed by atoms with van der Waals surface area (Å²) in [5.41, 5.74) is 1.25. The number of benzene rings is 1. The molecule has 3 fully saturated rings. The van der Waals surface area contributed by atoms with Crippen molar-refractivity contribution < 1.29 is 9.53 Å². The number of rotatable bonds is 5. The lowest BCUT2D eigenvalue weighted by Crippen LogP contribution is -2.59. The fourth-order valence-electron chi connectivity index (χ4n) is 4.84. The van der Waals surface area contributed by atoms with Gasteiger partial charge in [-0.05, 0) is 36.8 Å². The quantitative estimate of drug-likeness (QED) is 0.853. The van der Waals surface area contributed by atoms with E-state index in [-0.39, 0.29) is 23.3 Å². The molecule has 1 aliphatic heterocycles. The SMILES string of the molecule is O=C(NCC1(N2CCOCC2)CCCCC1)C1CC1c1ccccc1Cl. The van der Waals surface area contributed by atoms with Gasteiger partial charge in [0.2, 0.25) is 5.91 Å². The number of halogens is 1. The third kappa shape index (κ3) is 3.78. The average Bonchev–Trinajstić information content (AvgIpc) is 3.49. The predicted octanol–water partition coefficient (Wildman–Crippen LogP) is 3.59. The van der Waals surface area contributed by atoms with Crippen LogP contribution in [-0.4, -0.2) is 49.2 Å². The van der Waals surface area contributed by atoms with E-state index in [1.54, 1.807) is 0 Å². The monoisotopic (exact) mass is 376 g/mol. The van der Waals surface area contributed by atoms with Gasteiger partial charge >= 0.3 is 0 Å². The summed E-state index contributed by atoms with van der Waals surface area (Å²) >= 11 is 6.30. The van der Waals surface area contributed by atoms with E-state index in [0.717, 1.165) is 49.9 Å². The van der Waals surface area contributed by atoms with Crippen molar-refractivity contribution >= 4 is 17.5 Å². The maximum Gasteiger partial charge on any atom is 0.223 e.